The fourth-order valence-electron chi connectivity index (χ4n) is 9.28. The molecule has 328 valence electrons. The highest BCUT2D eigenvalue weighted by Crippen LogP contribution is 2.44. The van der Waals surface area contributed by atoms with Gasteiger partial charge >= 0.3 is 0 Å². The summed E-state index contributed by atoms with van der Waals surface area (Å²) >= 11 is 0. The lowest BCUT2D eigenvalue weighted by Crippen LogP contribution is -2.03. The number of rotatable bonds is 10. The molecule has 12 rings (SSSR count). The van der Waals surface area contributed by atoms with Crippen molar-refractivity contribution in [3.8, 4) is 113 Å². The summed E-state index contributed by atoms with van der Waals surface area (Å²) in [6, 6.07) is 87.8. The normalized spacial score (nSPS) is 11.1. The van der Waals surface area contributed by atoms with Crippen LogP contribution >= 0.6 is 0 Å². The molecular weight excluding hydrogens is 853 g/mol. The monoisotopic (exact) mass is 894 g/mol. The fourth-order valence-corrected chi connectivity index (χ4v) is 9.28. The van der Waals surface area contributed by atoms with E-state index in [0.717, 1.165) is 88.7 Å². The van der Waals surface area contributed by atoms with Gasteiger partial charge in [-0.3, -0.25) is 0 Å². The average Bonchev–Trinajstić information content (AvgIpc) is 3.45. The predicted octanol–water partition coefficient (Wildman–Crippen LogP) is 15.9. The summed E-state index contributed by atoms with van der Waals surface area (Å²) in [5.74, 6) is 3.53. The standard InChI is InChI=1S/C64H42N6/c1-5-22-43(23-6-1)49-32-15-17-35-52(49)58-42-48(61-66-59(46-27-9-3-10-28-46)65-60(67-61)47-29-11-4-12-30-47)40-41-54(58)53-36-18-20-38-57(53)64-69-62(55-37-19-16-34-50(55)44-24-7-2-8-25-44)68-63(70-64)56-39-21-31-45-26-13-14-33-51(45)56/h1-42H. The Bertz CT molecular complexity index is 3760. The first-order valence-corrected chi connectivity index (χ1v) is 23.4. The van der Waals surface area contributed by atoms with Gasteiger partial charge in [0.2, 0.25) is 0 Å². The van der Waals surface area contributed by atoms with Crippen molar-refractivity contribution in [3.63, 3.8) is 0 Å². The van der Waals surface area contributed by atoms with Crippen LogP contribution in [-0.4, -0.2) is 29.9 Å². The molecule has 2 heterocycles. The molecule has 0 aliphatic heterocycles. The van der Waals surface area contributed by atoms with Crippen molar-refractivity contribution in [1.29, 1.82) is 0 Å². The van der Waals surface area contributed by atoms with E-state index in [1.807, 2.05) is 72.8 Å². The Labute approximate surface area is 406 Å². The van der Waals surface area contributed by atoms with Crippen LogP contribution in [0.25, 0.3) is 124 Å². The maximum absolute atomic E-state index is 5.41. The van der Waals surface area contributed by atoms with Gasteiger partial charge < -0.3 is 0 Å². The highest BCUT2D eigenvalue weighted by atomic mass is 15.0. The van der Waals surface area contributed by atoms with Crippen molar-refractivity contribution in [2.24, 2.45) is 0 Å². The summed E-state index contributed by atoms with van der Waals surface area (Å²) in [5, 5.41) is 2.18. The lowest BCUT2D eigenvalue weighted by Gasteiger charge is -2.19. The summed E-state index contributed by atoms with van der Waals surface area (Å²) in [5.41, 5.74) is 13.8. The molecular formula is C64H42N6. The van der Waals surface area contributed by atoms with Crippen LogP contribution in [0, 0.1) is 0 Å². The fraction of sp³-hybridized carbons (Fsp3) is 0. The quantitative estimate of drug-likeness (QED) is 0.136. The van der Waals surface area contributed by atoms with Gasteiger partial charge in [-0.25, -0.2) is 29.9 Å². The van der Waals surface area contributed by atoms with Crippen molar-refractivity contribution < 1.29 is 0 Å². The molecule has 70 heavy (non-hydrogen) atoms. The first-order chi connectivity index (χ1) is 34.7. The van der Waals surface area contributed by atoms with E-state index in [4.69, 9.17) is 29.9 Å². The van der Waals surface area contributed by atoms with Crippen LogP contribution in [0.2, 0.25) is 0 Å². The number of aromatic nitrogens is 6. The van der Waals surface area contributed by atoms with Gasteiger partial charge in [0.25, 0.3) is 0 Å². The smallest absolute Gasteiger partial charge is 0.164 e. The number of hydrogen-bond donors (Lipinski definition) is 0. The molecule has 0 saturated carbocycles. The second-order valence-electron chi connectivity index (χ2n) is 17.0. The molecule has 0 spiro atoms. The van der Waals surface area contributed by atoms with Crippen LogP contribution in [0.15, 0.2) is 255 Å². The van der Waals surface area contributed by atoms with E-state index >= 15 is 0 Å². The summed E-state index contributed by atoms with van der Waals surface area (Å²) in [4.78, 5) is 31.4. The van der Waals surface area contributed by atoms with Gasteiger partial charge in [0.1, 0.15) is 0 Å². The van der Waals surface area contributed by atoms with E-state index in [9.17, 15) is 0 Å². The van der Waals surface area contributed by atoms with Gasteiger partial charge in [0, 0.05) is 33.4 Å². The van der Waals surface area contributed by atoms with Crippen LogP contribution in [0.1, 0.15) is 0 Å². The van der Waals surface area contributed by atoms with Crippen LogP contribution in [-0.2, 0) is 0 Å². The van der Waals surface area contributed by atoms with Crippen molar-refractivity contribution in [3.05, 3.63) is 255 Å². The van der Waals surface area contributed by atoms with Crippen LogP contribution in [0.3, 0.4) is 0 Å². The Morgan fingerprint density at radius 3 is 1.04 bits per heavy atom. The summed E-state index contributed by atoms with van der Waals surface area (Å²) in [6.07, 6.45) is 0. The largest absolute Gasteiger partial charge is 0.208 e. The lowest BCUT2D eigenvalue weighted by atomic mass is 9.86. The zero-order valence-corrected chi connectivity index (χ0v) is 37.9. The number of benzene rings is 10. The Balaban J connectivity index is 1.10. The van der Waals surface area contributed by atoms with Gasteiger partial charge in [-0.05, 0) is 61.3 Å². The third-order valence-electron chi connectivity index (χ3n) is 12.7. The second kappa shape index (κ2) is 18.6. The Kier molecular flexibility index (Phi) is 11.1. The summed E-state index contributed by atoms with van der Waals surface area (Å²) < 4.78 is 0. The van der Waals surface area contributed by atoms with E-state index in [1.165, 1.54) is 0 Å². The Morgan fingerprint density at radius 2 is 0.500 bits per heavy atom. The van der Waals surface area contributed by atoms with Gasteiger partial charge in [0.15, 0.2) is 34.9 Å². The second-order valence-corrected chi connectivity index (χ2v) is 17.0. The van der Waals surface area contributed by atoms with Crippen molar-refractivity contribution >= 4 is 10.8 Å². The molecule has 0 N–H and O–H groups in total. The van der Waals surface area contributed by atoms with Gasteiger partial charge in [-0.2, -0.15) is 0 Å². The molecule has 0 amide bonds. The molecule has 12 aromatic rings. The van der Waals surface area contributed by atoms with Gasteiger partial charge in [0.05, 0.1) is 0 Å². The highest BCUT2D eigenvalue weighted by Gasteiger charge is 2.22. The average molecular weight is 895 g/mol. The zero-order chi connectivity index (χ0) is 46.6. The molecule has 0 fully saturated rings. The molecule has 0 saturated heterocycles. The molecule has 0 unspecified atom stereocenters. The van der Waals surface area contributed by atoms with E-state index < -0.39 is 0 Å². The molecule has 0 radical (unpaired) electrons. The number of hydrogen-bond acceptors (Lipinski definition) is 6. The first kappa shape index (κ1) is 41.9. The summed E-state index contributed by atoms with van der Waals surface area (Å²) in [7, 11) is 0. The van der Waals surface area contributed by atoms with Gasteiger partial charge in [-0.1, -0.05) is 249 Å². The number of fused-ring (bicyclic) bond motifs is 1. The highest BCUT2D eigenvalue weighted by molar-refractivity contribution is 5.98. The zero-order valence-electron chi connectivity index (χ0n) is 37.9. The van der Waals surface area contributed by atoms with E-state index in [1.54, 1.807) is 0 Å². The SMILES string of the molecule is c1ccc(-c2nc(-c3ccccc3)nc(-c3ccc(-c4ccccc4-c4nc(-c5ccccc5-c5ccccc5)nc(-c5cccc6ccccc56)n4)c(-c4ccccc4-c4ccccc4)c3)n2)cc1. The molecule has 2 aromatic heterocycles. The molecule has 10 aromatic carbocycles. The van der Waals surface area contributed by atoms with Crippen LogP contribution < -0.4 is 0 Å². The molecule has 0 bridgehead atoms. The molecule has 0 aliphatic carbocycles. The third-order valence-corrected chi connectivity index (χ3v) is 12.7. The van der Waals surface area contributed by atoms with Crippen LogP contribution in [0.4, 0.5) is 0 Å². The van der Waals surface area contributed by atoms with Crippen molar-refractivity contribution in [2.45, 2.75) is 0 Å². The third kappa shape index (κ3) is 8.20. The molecule has 0 atom stereocenters. The predicted molar refractivity (Wildman–Crippen MR) is 285 cm³/mol. The topological polar surface area (TPSA) is 77.3 Å². The summed E-state index contributed by atoms with van der Waals surface area (Å²) in [6.45, 7) is 0. The minimum atomic E-state index is 0.565. The van der Waals surface area contributed by atoms with E-state index in [-0.39, 0.29) is 0 Å². The van der Waals surface area contributed by atoms with Crippen LogP contribution in [0.5, 0.6) is 0 Å². The van der Waals surface area contributed by atoms with E-state index in [2.05, 4.69) is 182 Å². The molecule has 0 aliphatic rings. The maximum atomic E-state index is 5.41. The first-order valence-electron chi connectivity index (χ1n) is 23.4. The van der Waals surface area contributed by atoms with Gasteiger partial charge in [-0.15, -0.1) is 0 Å². The lowest BCUT2D eigenvalue weighted by molar-refractivity contribution is 1.07. The minimum Gasteiger partial charge on any atom is -0.208 e. The Morgan fingerprint density at radius 1 is 0.171 bits per heavy atom. The van der Waals surface area contributed by atoms with Crippen molar-refractivity contribution in [2.75, 3.05) is 0 Å². The van der Waals surface area contributed by atoms with E-state index in [0.29, 0.717) is 34.9 Å². The maximum Gasteiger partial charge on any atom is 0.164 e. The molecule has 6 nitrogen and oxygen atoms in total. The van der Waals surface area contributed by atoms with Crippen molar-refractivity contribution in [1.82, 2.24) is 29.9 Å². The minimum absolute atomic E-state index is 0.565. The molecule has 6 heteroatoms. The Hall–Kier alpha value is -9.52. The number of nitrogens with zero attached hydrogens (tertiary/aromatic N) is 6.